The largest absolute Gasteiger partial charge is 0.507 e. The van der Waals surface area contributed by atoms with E-state index in [0.29, 0.717) is 0 Å². The lowest BCUT2D eigenvalue weighted by molar-refractivity contribution is 0.103. The number of ketones is 1. The fraction of sp³-hybridized carbons (Fsp3) is 0. The first-order valence-corrected chi connectivity index (χ1v) is 4.29. The summed E-state index contributed by atoms with van der Waals surface area (Å²) in [4.78, 5) is 27.2. The predicted octanol–water partition coefficient (Wildman–Crippen LogP) is 0.640. The highest BCUT2D eigenvalue weighted by Gasteiger charge is 2.14. The maximum absolute atomic E-state index is 11.7. The van der Waals surface area contributed by atoms with Gasteiger partial charge in [-0.25, -0.2) is 4.79 Å². The number of para-hydroxylation sites is 1. The van der Waals surface area contributed by atoms with E-state index in [4.69, 9.17) is 0 Å². The Kier molecular flexibility index (Phi) is 2.13. The summed E-state index contributed by atoms with van der Waals surface area (Å²) in [5.74, 6) is -0.531. The van der Waals surface area contributed by atoms with Crippen molar-refractivity contribution in [3.63, 3.8) is 0 Å². The molecule has 5 nitrogen and oxygen atoms in total. The molecule has 0 radical (unpaired) electrons. The lowest BCUT2D eigenvalue weighted by Crippen LogP contribution is -2.06. The normalized spacial score (nSPS) is 10.1. The molecular weight excluding hydrogens is 196 g/mol. The standard InChI is InChI=1S/C10H8N2O3/c13-8-4-2-1-3-6(8)9(14)7-5-11-10(15)12-7/h1-5,13H,(H2,11,12,15). The third-order valence-corrected chi connectivity index (χ3v) is 1.99. The Hall–Kier alpha value is -2.30. The monoisotopic (exact) mass is 204 g/mol. The Morgan fingerprint density at radius 3 is 2.60 bits per heavy atom. The average molecular weight is 204 g/mol. The average Bonchev–Trinajstić information content (AvgIpc) is 2.65. The van der Waals surface area contributed by atoms with E-state index in [1.165, 1.54) is 18.3 Å². The van der Waals surface area contributed by atoms with Gasteiger partial charge in [0, 0.05) is 6.20 Å². The van der Waals surface area contributed by atoms with Crippen molar-refractivity contribution in [2.75, 3.05) is 0 Å². The predicted molar refractivity (Wildman–Crippen MR) is 53.0 cm³/mol. The Morgan fingerprint density at radius 1 is 1.27 bits per heavy atom. The van der Waals surface area contributed by atoms with Crippen molar-refractivity contribution in [3.05, 3.63) is 52.2 Å². The molecule has 76 valence electrons. The molecule has 0 spiro atoms. The van der Waals surface area contributed by atoms with Crippen LogP contribution in [0.2, 0.25) is 0 Å². The highest BCUT2D eigenvalue weighted by atomic mass is 16.3. The van der Waals surface area contributed by atoms with Crippen molar-refractivity contribution in [1.82, 2.24) is 9.97 Å². The number of nitrogens with one attached hydrogen (secondary N) is 2. The van der Waals surface area contributed by atoms with Gasteiger partial charge in [-0.3, -0.25) is 4.79 Å². The first-order chi connectivity index (χ1) is 7.18. The van der Waals surface area contributed by atoms with Crippen molar-refractivity contribution in [1.29, 1.82) is 0 Å². The van der Waals surface area contributed by atoms with Crippen LogP contribution in [0.1, 0.15) is 16.1 Å². The topological polar surface area (TPSA) is 86.0 Å². The van der Waals surface area contributed by atoms with Crippen LogP contribution < -0.4 is 5.69 Å². The van der Waals surface area contributed by atoms with Gasteiger partial charge in [-0.05, 0) is 12.1 Å². The van der Waals surface area contributed by atoms with Crippen LogP contribution in [0.3, 0.4) is 0 Å². The summed E-state index contributed by atoms with van der Waals surface area (Å²) < 4.78 is 0. The fourth-order valence-electron chi connectivity index (χ4n) is 1.27. The van der Waals surface area contributed by atoms with Crippen LogP contribution in [-0.2, 0) is 0 Å². The molecule has 0 saturated heterocycles. The van der Waals surface area contributed by atoms with Gasteiger partial charge in [0.2, 0.25) is 5.78 Å². The minimum Gasteiger partial charge on any atom is -0.507 e. The molecule has 0 saturated carbocycles. The number of benzene rings is 1. The van der Waals surface area contributed by atoms with Gasteiger partial charge in [0.1, 0.15) is 11.4 Å². The molecule has 0 aliphatic rings. The zero-order valence-electron chi connectivity index (χ0n) is 7.65. The summed E-state index contributed by atoms with van der Waals surface area (Å²) >= 11 is 0. The van der Waals surface area contributed by atoms with Crippen LogP contribution in [0.4, 0.5) is 0 Å². The third kappa shape index (κ3) is 1.67. The van der Waals surface area contributed by atoms with Gasteiger partial charge < -0.3 is 15.1 Å². The maximum atomic E-state index is 11.7. The highest BCUT2D eigenvalue weighted by Crippen LogP contribution is 2.18. The third-order valence-electron chi connectivity index (χ3n) is 1.99. The van der Waals surface area contributed by atoms with Crippen LogP contribution in [0.25, 0.3) is 0 Å². The van der Waals surface area contributed by atoms with E-state index in [1.807, 2.05) is 0 Å². The van der Waals surface area contributed by atoms with Crippen LogP contribution in [0, 0.1) is 0 Å². The SMILES string of the molecule is O=C(c1c[nH]c(=O)[nH]1)c1ccccc1O. The van der Waals surface area contributed by atoms with E-state index in [0.717, 1.165) is 0 Å². The summed E-state index contributed by atoms with van der Waals surface area (Å²) in [6.45, 7) is 0. The van der Waals surface area contributed by atoms with Crippen molar-refractivity contribution in [2.24, 2.45) is 0 Å². The van der Waals surface area contributed by atoms with Gasteiger partial charge in [0.15, 0.2) is 0 Å². The molecule has 0 aliphatic carbocycles. The number of H-pyrrole nitrogens is 2. The van der Waals surface area contributed by atoms with Crippen LogP contribution >= 0.6 is 0 Å². The Morgan fingerprint density at radius 2 is 2.00 bits per heavy atom. The van der Waals surface area contributed by atoms with Crippen molar-refractivity contribution in [2.45, 2.75) is 0 Å². The molecule has 0 atom stereocenters. The number of aromatic hydroxyl groups is 1. The Balaban J connectivity index is 2.45. The molecular formula is C10H8N2O3. The van der Waals surface area contributed by atoms with Crippen LogP contribution in [0.5, 0.6) is 5.75 Å². The zero-order chi connectivity index (χ0) is 10.8. The molecule has 1 aromatic heterocycles. The lowest BCUT2D eigenvalue weighted by atomic mass is 10.1. The highest BCUT2D eigenvalue weighted by molar-refractivity contribution is 6.09. The van der Waals surface area contributed by atoms with Gasteiger partial charge in [-0.1, -0.05) is 12.1 Å². The van der Waals surface area contributed by atoms with E-state index in [9.17, 15) is 14.7 Å². The number of imidazole rings is 1. The molecule has 0 bridgehead atoms. The zero-order valence-corrected chi connectivity index (χ0v) is 7.65. The smallest absolute Gasteiger partial charge is 0.323 e. The van der Waals surface area contributed by atoms with E-state index in [2.05, 4.69) is 9.97 Å². The first kappa shape index (κ1) is 9.26. The Labute approximate surface area is 84.4 Å². The van der Waals surface area contributed by atoms with Crippen LogP contribution in [-0.4, -0.2) is 20.9 Å². The summed E-state index contributed by atoms with van der Waals surface area (Å²) in [7, 11) is 0. The molecule has 0 unspecified atom stereocenters. The number of phenols is 1. The van der Waals surface area contributed by atoms with E-state index < -0.39 is 11.5 Å². The molecule has 1 aromatic carbocycles. The second kappa shape index (κ2) is 3.45. The molecule has 2 rings (SSSR count). The second-order valence-corrected chi connectivity index (χ2v) is 3.00. The number of rotatable bonds is 2. The number of phenolic OH excluding ortho intramolecular Hbond substituents is 1. The molecule has 3 N–H and O–H groups in total. The number of carbonyl (C=O) groups is 1. The summed E-state index contributed by atoms with van der Waals surface area (Å²) in [5.41, 5.74) is -0.164. The quantitative estimate of drug-likeness (QED) is 0.627. The number of aromatic nitrogens is 2. The van der Waals surface area contributed by atoms with Gasteiger partial charge >= 0.3 is 5.69 Å². The number of aromatic amines is 2. The molecule has 0 amide bonds. The summed E-state index contributed by atoms with van der Waals surface area (Å²) in [5, 5.41) is 9.43. The Bertz CT molecular complexity index is 554. The van der Waals surface area contributed by atoms with Gasteiger partial charge in [-0.2, -0.15) is 0 Å². The van der Waals surface area contributed by atoms with Gasteiger partial charge in [0.25, 0.3) is 0 Å². The maximum Gasteiger partial charge on any atom is 0.323 e. The van der Waals surface area contributed by atoms with Crippen molar-refractivity contribution >= 4 is 5.78 Å². The summed E-state index contributed by atoms with van der Waals surface area (Å²) in [6.07, 6.45) is 1.27. The number of carbonyl (C=O) groups excluding carboxylic acids is 1. The lowest BCUT2D eigenvalue weighted by Gasteiger charge is -2.00. The molecule has 2 aromatic rings. The van der Waals surface area contributed by atoms with Crippen LogP contribution in [0.15, 0.2) is 35.3 Å². The van der Waals surface area contributed by atoms with Gasteiger partial charge in [0.05, 0.1) is 5.56 Å². The van der Waals surface area contributed by atoms with E-state index in [-0.39, 0.29) is 17.0 Å². The fourth-order valence-corrected chi connectivity index (χ4v) is 1.27. The minimum atomic E-state index is -0.450. The first-order valence-electron chi connectivity index (χ1n) is 4.29. The minimum absolute atomic E-state index is 0.107. The molecule has 1 heterocycles. The number of hydrogen-bond donors (Lipinski definition) is 3. The number of hydrogen-bond acceptors (Lipinski definition) is 3. The van der Waals surface area contributed by atoms with Crippen molar-refractivity contribution in [3.8, 4) is 5.75 Å². The van der Waals surface area contributed by atoms with Crippen molar-refractivity contribution < 1.29 is 9.90 Å². The second-order valence-electron chi connectivity index (χ2n) is 3.00. The molecule has 15 heavy (non-hydrogen) atoms. The molecule has 0 aliphatic heterocycles. The van der Waals surface area contributed by atoms with Gasteiger partial charge in [-0.15, -0.1) is 0 Å². The summed E-state index contributed by atoms with van der Waals surface area (Å²) in [6, 6.07) is 6.16. The van der Waals surface area contributed by atoms with E-state index in [1.54, 1.807) is 12.1 Å². The van der Waals surface area contributed by atoms with E-state index >= 15 is 0 Å². The molecule has 0 fully saturated rings. The molecule has 5 heteroatoms.